The smallest absolute Gasteiger partial charge is 0.308 e. The minimum absolute atomic E-state index is 0.379. The standard InChI is InChI=1S/C16H10Cl2IN3OS/c17-12-6-5-11(7-13(12)18)20-15(23)22-16-21-14(8-24-16)9-1-3-10(19)4-2-9/h1-8H,(H2,20,21,22,23). The lowest BCUT2D eigenvalue weighted by Gasteiger charge is -2.06. The second-order valence-electron chi connectivity index (χ2n) is 4.75. The number of anilines is 2. The van der Waals surface area contributed by atoms with Gasteiger partial charge in [0.15, 0.2) is 5.13 Å². The maximum atomic E-state index is 12.0. The van der Waals surface area contributed by atoms with Crippen molar-refractivity contribution in [1.29, 1.82) is 0 Å². The van der Waals surface area contributed by atoms with E-state index in [1.54, 1.807) is 18.2 Å². The van der Waals surface area contributed by atoms with Crippen molar-refractivity contribution < 1.29 is 4.79 Å². The number of nitrogens with one attached hydrogen (secondary N) is 2. The van der Waals surface area contributed by atoms with Gasteiger partial charge in [0.05, 0.1) is 15.7 Å². The van der Waals surface area contributed by atoms with E-state index in [-0.39, 0.29) is 0 Å². The Kier molecular flexibility index (Phi) is 5.60. The van der Waals surface area contributed by atoms with E-state index in [1.807, 2.05) is 29.6 Å². The lowest BCUT2D eigenvalue weighted by molar-refractivity contribution is 0.262. The van der Waals surface area contributed by atoms with E-state index in [1.165, 1.54) is 11.3 Å². The van der Waals surface area contributed by atoms with E-state index >= 15 is 0 Å². The molecule has 0 aliphatic carbocycles. The van der Waals surface area contributed by atoms with Gasteiger partial charge in [-0.3, -0.25) is 5.32 Å². The van der Waals surface area contributed by atoms with E-state index in [9.17, 15) is 4.79 Å². The molecule has 0 saturated heterocycles. The maximum absolute atomic E-state index is 12.0. The quantitative estimate of drug-likeness (QED) is 0.420. The molecular weight excluding hydrogens is 480 g/mol. The van der Waals surface area contributed by atoms with Crippen LogP contribution < -0.4 is 10.6 Å². The van der Waals surface area contributed by atoms with Gasteiger partial charge in [-0.2, -0.15) is 0 Å². The third kappa shape index (κ3) is 4.38. The molecule has 1 heterocycles. The summed E-state index contributed by atoms with van der Waals surface area (Å²) in [5.41, 5.74) is 2.38. The summed E-state index contributed by atoms with van der Waals surface area (Å²) in [6.45, 7) is 0. The van der Waals surface area contributed by atoms with E-state index in [4.69, 9.17) is 23.2 Å². The largest absolute Gasteiger partial charge is 0.325 e. The minimum atomic E-state index is -0.392. The number of nitrogens with zero attached hydrogens (tertiary/aromatic N) is 1. The first-order chi connectivity index (χ1) is 11.5. The van der Waals surface area contributed by atoms with Crippen molar-refractivity contribution in [1.82, 2.24) is 4.98 Å². The number of amides is 2. The first kappa shape index (κ1) is 17.5. The fourth-order valence-electron chi connectivity index (χ4n) is 1.92. The number of urea groups is 1. The van der Waals surface area contributed by atoms with Crippen LogP contribution in [0, 0.1) is 3.57 Å². The fourth-order valence-corrected chi connectivity index (χ4v) is 3.29. The predicted molar refractivity (Wildman–Crippen MR) is 109 cm³/mol. The number of thiazole rings is 1. The van der Waals surface area contributed by atoms with E-state index in [0.29, 0.717) is 20.9 Å². The van der Waals surface area contributed by atoms with Crippen molar-refractivity contribution in [3.63, 3.8) is 0 Å². The molecule has 3 aromatic rings. The SMILES string of the molecule is O=C(Nc1ccc(Cl)c(Cl)c1)Nc1nc(-c2ccc(I)cc2)cs1. The second kappa shape index (κ2) is 7.69. The maximum Gasteiger partial charge on any atom is 0.325 e. The second-order valence-corrected chi connectivity index (χ2v) is 7.67. The zero-order chi connectivity index (χ0) is 17.1. The lowest BCUT2D eigenvalue weighted by atomic mass is 10.2. The van der Waals surface area contributed by atoms with Gasteiger partial charge >= 0.3 is 6.03 Å². The van der Waals surface area contributed by atoms with Gasteiger partial charge in [-0.15, -0.1) is 11.3 Å². The predicted octanol–water partition coefficient (Wildman–Crippen LogP) is 6.37. The molecule has 24 heavy (non-hydrogen) atoms. The summed E-state index contributed by atoms with van der Waals surface area (Å²) in [6.07, 6.45) is 0. The molecule has 4 nitrogen and oxygen atoms in total. The molecule has 0 aliphatic heterocycles. The summed E-state index contributed by atoms with van der Waals surface area (Å²) < 4.78 is 1.16. The highest BCUT2D eigenvalue weighted by atomic mass is 127. The number of carbonyl (C=O) groups is 1. The van der Waals surface area contributed by atoms with Crippen LogP contribution in [-0.4, -0.2) is 11.0 Å². The molecule has 2 N–H and O–H groups in total. The summed E-state index contributed by atoms with van der Waals surface area (Å²) in [7, 11) is 0. The number of hydrogen-bond acceptors (Lipinski definition) is 3. The van der Waals surface area contributed by atoms with Gasteiger partial charge in [-0.05, 0) is 52.9 Å². The highest BCUT2D eigenvalue weighted by molar-refractivity contribution is 14.1. The molecule has 3 rings (SSSR count). The molecule has 0 spiro atoms. The molecule has 2 amide bonds. The molecule has 0 saturated carbocycles. The molecule has 0 radical (unpaired) electrons. The van der Waals surface area contributed by atoms with Crippen molar-refractivity contribution in [3.8, 4) is 11.3 Å². The van der Waals surface area contributed by atoms with Crippen LogP contribution in [0.3, 0.4) is 0 Å². The molecule has 0 fully saturated rings. The first-order valence-corrected chi connectivity index (χ1v) is 9.47. The Labute approximate surface area is 166 Å². The van der Waals surface area contributed by atoms with Crippen LogP contribution in [0.5, 0.6) is 0 Å². The Morgan fingerprint density at radius 1 is 1.04 bits per heavy atom. The first-order valence-electron chi connectivity index (χ1n) is 6.76. The van der Waals surface area contributed by atoms with Gasteiger partial charge in [-0.25, -0.2) is 9.78 Å². The molecular formula is C16H10Cl2IN3OS. The summed E-state index contributed by atoms with van der Waals surface area (Å²) >= 11 is 15.4. The Bertz CT molecular complexity index is 883. The molecule has 0 atom stereocenters. The Hall–Kier alpha value is -1.35. The molecule has 1 aromatic heterocycles. The highest BCUT2D eigenvalue weighted by Gasteiger charge is 2.09. The molecule has 2 aromatic carbocycles. The summed E-state index contributed by atoms with van der Waals surface area (Å²) in [5, 5.41) is 8.62. The number of benzene rings is 2. The molecule has 0 aliphatic rings. The number of hydrogen-bond donors (Lipinski definition) is 2. The number of rotatable bonds is 3. The Morgan fingerprint density at radius 3 is 2.50 bits per heavy atom. The minimum Gasteiger partial charge on any atom is -0.308 e. The third-order valence-electron chi connectivity index (χ3n) is 3.04. The van der Waals surface area contributed by atoms with Gasteiger partial charge in [0.1, 0.15) is 0 Å². The van der Waals surface area contributed by atoms with Crippen molar-refractivity contribution in [2.75, 3.05) is 10.6 Å². The summed E-state index contributed by atoms with van der Waals surface area (Å²) in [5.74, 6) is 0. The van der Waals surface area contributed by atoms with Crippen molar-refractivity contribution >= 4 is 74.0 Å². The van der Waals surface area contributed by atoms with Crippen molar-refractivity contribution in [2.45, 2.75) is 0 Å². The van der Waals surface area contributed by atoms with Crippen LogP contribution in [0.25, 0.3) is 11.3 Å². The highest BCUT2D eigenvalue weighted by Crippen LogP contribution is 2.27. The lowest BCUT2D eigenvalue weighted by Crippen LogP contribution is -2.19. The van der Waals surface area contributed by atoms with E-state index in [2.05, 4.69) is 38.2 Å². The van der Waals surface area contributed by atoms with E-state index < -0.39 is 6.03 Å². The van der Waals surface area contributed by atoms with Crippen LogP contribution in [0.2, 0.25) is 10.0 Å². The summed E-state index contributed by atoms with van der Waals surface area (Å²) in [4.78, 5) is 16.5. The molecule has 0 bridgehead atoms. The van der Waals surface area contributed by atoms with Gasteiger partial charge in [-0.1, -0.05) is 35.3 Å². The number of halogens is 3. The summed E-state index contributed by atoms with van der Waals surface area (Å²) in [6, 6.07) is 12.5. The Morgan fingerprint density at radius 2 is 1.79 bits per heavy atom. The van der Waals surface area contributed by atoms with E-state index in [0.717, 1.165) is 14.8 Å². The third-order valence-corrected chi connectivity index (χ3v) is 5.26. The molecule has 8 heteroatoms. The fraction of sp³-hybridized carbons (Fsp3) is 0. The zero-order valence-corrected chi connectivity index (χ0v) is 16.5. The normalized spacial score (nSPS) is 10.5. The average Bonchev–Trinajstić information content (AvgIpc) is 3.00. The van der Waals surface area contributed by atoms with Crippen LogP contribution in [0.1, 0.15) is 0 Å². The van der Waals surface area contributed by atoms with Crippen LogP contribution in [0.15, 0.2) is 47.8 Å². The van der Waals surface area contributed by atoms with Crippen LogP contribution in [0.4, 0.5) is 15.6 Å². The topological polar surface area (TPSA) is 54.0 Å². The van der Waals surface area contributed by atoms with Crippen LogP contribution >= 0.6 is 57.1 Å². The van der Waals surface area contributed by atoms with Crippen molar-refractivity contribution in [2.24, 2.45) is 0 Å². The Balaban J connectivity index is 1.66. The monoisotopic (exact) mass is 489 g/mol. The van der Waals surface area contributed by atoms with Gasteiger partial charge in [0, 0.05) is 20.2 Å². The number of aromatic nitrogens is 1. The van der Waals surface area contributed by atoms with Gasteiger partial charge in [0.25, 0.3) is 0 Å². The van der Waals surface area contributed by atoms with Gasteiger partial charge < -0.3 is 5.32 Å². The molecule has 0 unspecified atom stereocenters. The van der Waals surface area contributed by atoms with Crippen LogP contribution in [-0.2, 0) is 0 Å². The zero-order valence-electron chi connectivity index (χ0n) is 12.0. The average molecular weight is 490 g/mol. The number of carbonyl (C=O) groups excluding carboxylic acids is 1. The van der Waals surface area contributed by atoms with Gasteiger partial charge in [0.2, 0.25) is 0 Å². The molecule has 122 valence electrons. The van der Waals surface area contributed by atoms with Crippen molar-refractivity contribution in [3.05, 3.63) is 61.5 Å².